The lowest BCUT2D eigenvalue weighted by Gasteiger charge is -2.07. The zero-order chi connectivity index (χ0) is 11.1. The molecule has 0 amide bonds. The van der Waals surface area contributed by atoms with Crippen molar-refractivity contribution in [2.45, 2.75) is 11.8 Å². The van der Waals surface area contributed by atoms with Crippen LogP contribution in [0.5, 0.6) is 5.75 Å². The maximum Gasteiger partial charge on any atom is 0.120 e. The molecule has 0 radical (unpaired) electrons. The third-order valence-corrected chi connectivity index (χ3v) is 4.14. The lowest BCUT2D eigenvalue weighted by Crippen LogP contribution is -1.92. The molecule has 0 saturated heterocycles. The summed E-state index contributed by atoms with van der Waals surface area (Å²) in [5.74, 6) is 4.30. The zero-order valence-electron chi connectivity index (χ0n) is 9.16. The Kier molecular flexibility index (Phi) is 5.79. The lowest BCUT2D eigenvalue weighted by atomic mass is 10.3. The van der Waals surface area contributed by atoms with Crippen LogP contribution < -0.4 is 10.5 Å². The van der Waals surface area contributed by atoms with Gasteiger partial charge in [-0.15, -0.1) is 11.8 Å². The summed E-state index contributed by atoms with van der Waals surface area (Å²) in [4.78, 5) is 1.12. The van der Waals surface area contributed by atoms with Gasteiger partial charge in [-0.3, -0.25) is 0 Å². The molecular weight excluding hydrogens is 226 g/mol. The van der Waals surface area contributed by atoms with E-state index in [-0.39, 0.29) is 0 Å². The number of benzene rings is 1. The maximum absolute atomic E-state index is 5.88. The number of hydrogen-bond donors (Lipinski definition) is 1. The molecule has 0 aliphatic heterocycles. The van der Waals surface area contributed by atoms with Gasteiger partial charge in [0.1, 0.15) is 5.75 Å². The van der Waals surface area contributed by atoms with Crippen LogP contribution in [0, 0.1) is 0 Å². The predicted octanol–water partition coefficient (Wildman–Crippen LogP) is 3.12. The Morgan fingerprint density at radius 1 is 1.33 bits per heavy atom. The van der Waals surface area contributed by atoms with Gasteiger partial charge in [0.05, 0.1) is 7.11 Å². The fourth-order valence-corrected chi connectivity index (χ4v) is 2.87. The highest BCUT2D eigenvalue weighted by molar-refractivity contribution is 8.03. The molecule has 0 fully saturated rings. The van der Waals surface area contributed by atoms with Crippen molar-refractivity contribution in [1.29, 1.82) is 0 Å². The number of thioether (sulfide) groups is 2. The molecule has 0 unspecified atom stereocenters. The van der Waals surface area contributed by atoms with Gasteiger partial charge in [0.15, 0.2) is 0 Å². The highest BCUT2D eigenvalue weighted by Crippen LogP contribution is 2.29. The third kappa shape index (κ3) is 4.26. The van der Waals surface area contributed by atoms with E-state index in [0.717, 1.165) is 27.8 Å². The minimum atomic E-state index is 0.835. The zero-order valence-corrected chi connectivity index (χ0v) is 10.8. The van der Waals surface area contributed by atoms with Crippen LogP contribution in [0.2, 0.25) is 0 Å². The second-order valence-corrected chi connectivity index (χ2v) is 5.48. The van der Waals surface area contributed by atoms with Crippen LogP contribution in [0.4, 0.5) is 5.69 Å². The van der Waals surface area contributed by atoms with Crippen LogP contribution in [0.15, 0.2) is 23.1 Å². The van der Waals surface area contributed by atoms with Crippen molar-refractivity contribution >= 4 is 29.2 Å². The van der Waals surface area contributed by atoms with Crippen molar-refractivity contribution in [3.8, 4) is 5.75 Å². The first-order chi connectivity index (χ1) is 7.27. The molecule has 1 aromatic carbocycles. The summed E-state index contributed by atoms with van der Waals surface area (Å²) in [7, 11) is 1.67. The second kappa shape index (κ2) is 6.90. The van der Waals surface area contributed by atoms with Gasteiger partial charge in [0, 0.05) is 22.1 Å². The van der Waals surface area contributed by atoms with Crippen molar-refractivity contribution in [2.75, 3.05) is 30.1 Å². The molecule has 0 bridgehead atoms. The molecule has 4 heteroatoms. The monoisotopic (exact) mass is 243 g/mol. The first-order valence-corrected chi connectivity index (χ1v) is 7.06. The average molecular weight is 243 g/mol. The Labute approximate surface area is 100.0 Å². The van der Waals surface area contributed by atoms with Gasteiger partial charge in [-0.05, 0) is 24.0 Å². The van der Waals surface area contributed by atoms with E-state index in [1.807, 2.05) is 30.0 Å². The molecule has 1 aromatic rings. The smallest absolute Gasteiger partial charge is 0.120 e. The number of methoxy groups -OCH3 is 1. The van der Waals surface area contributed by atoms with E-state index in [4.69, 9.17) is 10.5 Å². The van der Waals surface area contributed by atoms with Crippen LogP contribution in [0.1, 0.15) is 6.92 Å². The molecule has 0 aliphatic rings. The van der Waals surface area contributed by atoms with Gasteiger partial charge >= 0.3 is 0 Å². The summed E-state index contributed by atoms with van der Waals surface area (Å²) in [6.07, 6.45) is 0. The summed E-state index contributed by atoms with van der Waals surface area (Å²) < 4.78 is 5.16. The molecule has 0 aliphatic carbocycles. The van der Waals surface area contributed by atoms with Crippen molar-refractivity contribution in [3.05, 3.63) is 18.2 Å². The van der Waals surface area contributed by atoms with Crippen LogP contribution >= 0.6 is 23.5 Å². The maximum atomic E-state index is 5.88. The molecule has 0 saturated carbocycles. The van der Waals surface area contributed by atoms with E-state index in [1.165, 1.54) is 5.75 Å². The van der Waals surface area contributed by atoms with Crippen molar-refractivity contribution in [2.24, 2.45) is 0 Å². The molecule has 84 valence electrons. The molecule has 1 rings (SSSR count). The van der Waals surface area contributed by atoms with E-state index >= 15 is 0 Å². The SMILES string of the molecule is CCSCCSc1cc(OC)ccc1N. The normalized spacial score (nSPS) is 10.3. The summed E-state index contributed by atoms with van der Waals surface area (Å²) in [5.41, 5.74) is 6.71. The highest BCUT2D eigenvalue weighted by Gasteiger charge is 2.01. The molecule has 0 spiro atoms. The van der Waals surface area contributed by atoms with Gasteiger partial charge < -0.3 is 10.5 Å². The lowest BCUT2D eigenvalue weighted by molar-refractivity contribution is 0.414. The molecule has 2 N–H and O–H groups in total. The van der Waals surface area contributed by atoms with Crippen molar-refractivity contribution < 1.29 is 4.74 Å². The van der Waals surface area contributed by atoms with Crippen LogP contribution in [0.25, 0.3) is 0 Å². The first-order valence-electron chi connectivity index (χ1n) is 4.92. The standard InChI is InChI=1S/C11H17NOS2/c1-3-14-6-7-15-11-8-9(13-2)4-5-10(11)12/h4-5,8H,3,6-7,12H2,1-2H3. The highest BCUT2D eigenvalue weighted by atomic mass is 32.2. The quantitative estimate of drug-likeness (QED) is 0.473. The number of ether oxygens (including phenoxy) is 1. The number of nitrogens with two attached hydrogens (primary N) is 1. The van der Waals surface area contributed by atoms with E-state index in [2.05, 4.69) is 6.92 Å². The Bertz CT molecular complexity index is 305. The Hall–Kier alpha value is -0.480. The fraction of sp³-hybridized carbons (Fsp3) is 0.455. The van der Waals surface area contributed by atoms with E-state index in [0.29, 0.717) is 0 Å². The van der Waals surface area contributed by atoms with Gasteiger partial charge in [0.2, 0.25) is 0 Å². The van der Waals surface area contributed by atoms with Gasteiger partial charge in [-0.1, -0.05) is 6.92 Å². The summed E-state index contributed by atoms with van der Waals surface area (Å²) in [6.45, 7) is 2.18. The van der Waals surface area contributed by atoms with Crippen LogP contribution in [0.3, 0.4) is 0 Å². The Morgan fingerprint density at radius 3 is 2.80 bits per heavy atom. The summed E-state index contributed by atoms with van der Waals surface area (Å²) in [5, 5.41) is 0. The third-order valence-electron chi connectivity index (χ3n) is 1.91. The number of rotatable bonds is 6. The number of nitrogen functional groups attached to an aromatic ring is 1. The minimum Gasteiger partial charge on any atom is -0.497 e. The fourth-order valence-electron chi connectivity index (χ4n) is 1.12. The second-order valence-electron chi connectivity index (χ2n) is 2.95. The van der Waals surface area contributed by atoms with Crippen LogP contribution in [-0.4, -0.2) is 24.4 Å². The van der Waals surface area contributed by atoms with E-state index < -0.39 is 0 Å². The molecule has 0 heterocycles. The largest absolute Gasteiger partial charge is 0.497 e. The first kappa shape index (κ1) is 12.6. The summed E-state index contributed by atoms with van der Waals surface area (Å²) in [6, 6.07) is 5.78. The van der Waals surface area contributed by atoms with Crippen LogP contribution in [-0.2, 0) is 0 Å². The van der Waals surface area contributed by atoms with Gasteiger partial charge in [-0.25, -0.2) is 0 Å². The number of hydrogen-bond acceptors (Lipinski definition) is 4. The molecule has 0 atom stereocenters. The molecular formula is C11H17NOS2. The Morgan fingerprint density at radius 2 is 2.13 bits per heavy atom. The molecule has 15 heavy (non-hydrogen) atoms. The Balaban J connectivity index is 2.51. The van der Waals surface area contributed by atoms with Crippen molar-refractivity contribution in [1.82, 2.24) is 0 Å². The topological polar surface area (TPSA) is 35.2 Å². The molecule has 0 aromatic heterocycles. The van der Waals surface area contributed by atoms with Crippen molar-refractivity contribution in [3.63, 3.8) is 0 Å². The van der Waals surface area contributed by atoms with Gasteiger partial charge in [-0.2, -0.15) is 11.8 Å². The van der Waals surface area contributed by atoms with Gasteiger partial charge in [0.25, 0.3) is 0 Å². The minimum absolute atomic E-state index is 0.835. The van der Waals surface area contributed by atoms with E-state index in [1.54, 1.807) is 18.9 Å². The number of anilines is 1. The predicted molar refractivity (Wildman–Crippen MR) is 71.1 cm³/mol. The molecule has 2 nitrogen and oxygen atoms in total. The van der Waals surface area contributed by atoms with E-state index in [9.17, 15) is 0 Å². The summed E-state index contributed by atoms with van der Waals surface area (Å²) >= 11 is 3.74. The average Bonchev–Trinajstić information content (AvgIpc) is 2.26.